The van der Waals surface area contributed by atoms with Gasteiger partial charge >= 0.3 is 6.09 Å². The summed E-state index contributed by atoms with van der Waals surface area (Å²) in [6, 6.07) is 7.71. The first-order valence-corrected chi connectivity index (χ1v) is 13.6. The number of nitrogens with one attached hydrogen (secondary N) is 2. The molecular weight excluding hydrogens is 484 g/mol. The summed E-state index contributed by atoms with van der Waals surface area (Å²) in [4.78, 5) is 39.1. The molecule has 2 aromatic rings. The van der Waals surface area contributed by atoms with E-state index < -0.39 is 5.60 Å². The summed E-state index contributed by atoms with van der Waals surface area (Å²) in [7, 11) is 0. The highest BCUT2D eigenvalue weighted by Gasteiger charge is 2.30. The van der Waals surface area contributed by atoms with Gasteiger partial charge in [-0.2, -0.15) is 4.98 Å². The third kappa shape index (κ3) is 6.35. The molecule has 0 bridgehead atoms. The van der Waals surface area contributed by atoms with Crippen LogP contribution in [0.25, 0.3) is 0 Å². The summed E-state index contributed by atoms with van der Waals surface area (Å²) in [6.45, 7) is 9.81. The van der Waals surface area contributed by atoms with E-state index in [4.69, 9.17) is 14.5 Å². The van der Waals surface area contributed by atoms with Crippen LogP contribution in [-0.2, 0) is 11.2 Å². The number of hydrogen-bond acceptors (Lipinski definition) is 8. The molecule has 2 fully saturated rings. The number of likely N-dealkylation sites (tertiary alicyclic amines) is 1. The average Bonchev–Trinajstić information content (AvgIpc) is 3.58. The average molecular weight is 523 g/mol. The van der Waals surface area contributed by atoms with E-state index >= 15 is 0 Å². The molecule has 0 unspecified atom stereocenters. The van der Waals surface area contributed by atoms with E-state index in [2.05, 4.69) is 15.6 Å². The molecule has 2 N–H and O–H groups in total. The second kappa shape index (κ2) is 11.1. The predicted molar refractivity (Wildman–Crippen MR) is 145 cm³/mol. The molecule has 3 aliphatic rings. The van der Waals surface area contributed by atoms with Gasteiger partial charge in [0.25, 0.3) is 5.91 Å². The van der Waals surface area contributed by atoms with Gasteiger partial charge in [0, 0.05) is 50.4 Å². The fraction of sp³-hybridized carbons (Fsp3) is 0.571. The van der Waals surface area contributed by atoms with Crippen LogP contribution < -0.4 is 20.3 Å². The summed E-state index contributed by atoms with van der Waals surface area (Å²) in [5.41, 5.74) is 1.15. The molecule has 0 aliphatic carbocycles. The Morgan fingerprint density at radius 3 is 2.76 bits per heavy atom. The van der Waals surface area contributed by atoms with Crippen molar-refractivity contribution in [2.75, 3.05) is 49.5 Å². The molecule has 1 atom stereocenters. The molecule has 10 nitrogen and oxygen atoms in total. The van der Waals surface area contributed by atoms with Crippen molar-refractivity contribution in [1.29, 1.82) is 0 Å². The lowest BCUT2D eigenvalue weighted by Crippen LogP contribution is -2.45. The van der Waals surface area contributed by atoms with Gasteiger partial charge in [-0.3, -0.25) is 9.69 Å². The van der Waals surface area contributed by atoms with Gasteiger partial charge in [-0.05, 0) is 82.3 Å². The zero-order chi connectivity index (χ0) is 26.7. The number of hydrogen-bond donors (Lipinski definition) is 2. The number of ether oxygens (including phenoxy) is 2. The van der Waals surface area contributed by atoms with Crippen LogP contribution in [0.3, 0.4) is 0 Å². The summed E-state index contributed by atoms with van der Waals surface area (Å²) >= 11 is 0. The maximum absolute atomic E-state index is 13.9. The molecule has 4 heterocycles. The third-order valence-electron chi connectivity index (χ3n) is 7.20. The second-order valence-electron chi connectivity index (χ2n) is 11.3. The Hall–Kier alpha value is -3.40. The Balaban J connectivity index is 1.33. The minimum absolute atomic E-state index is 0.0959. The van der Waals surface area contributed by atoms with Gasteiger partial charge in [-0.25, -0.2) is 9.78 Å². The van der Waals surface area contributed by atoms with E-state index in [0.717, 1.165) is 50.1 Å². The first-order valence-electron chi connectivity index (χ1n) is 13.6. The van der Waals surface area contributed by atoms with Crippen molar-refractivity contribution in [2.24, 2.45) is 5.92 Å². The van der Waals surface area contributed by atoms with E-state index in [9.17, 15) is 9.59 Å². The fourth-order valence-electron chi connectivity index (χ4n) is 5.17. The third-order valence-corrected chi connectivity index (χ3v) is 7.20. The summed E-state index contributed by atoms with van der Waals surface area (Å²) in [5.74, 6) is 2.07. The number of nitrogens with zero attached hydrogens (tertiary/aromatic N) is 4. The molecule has 0 radical (unpaired) electrons. The quantitative estimate of drug-likeness (QED) is 0.594. The van der Waals surface area contributed by atoms with Crippen LogP contribution in [0.1, 0.15) is 56.0 Å². The number of rotatable bonds is 6. The number of carbonyl (C=O) groups is 2. The summed E-state index contributed by atoms with van der Waals surface area (Å²) < 4.78 is 11.2. The van der Waals surface area contributed by atoms with Crippen LogP contribution in [0.5, 0.6) is 5.75 Å². The molecule has 204 valence electrons. The summed E-state index contributed by atoms with van der Waals surface area (Å²) in [5, 5.41) is 6.73. The van der Waals surface area contributed by atoms with Gasteiger partial charge < -0.3 is 25.0 Å². The van der Waals surface area contributed by atoms with Gasteiger partial charge in [0.1, 0.15) is 17.2 Å². The lowest BCUT2D eigenvalue weighted by atomic mass is 9.96. The molecule has 10 heteroatoms. The van der Waals surface area contributed by atoms with Gasteiger partial charge in [0.05, 0.1) is 6.61 Å². The van der Waals surface area contributed by atoms with E-state index in [0.29, 0.717) is 43.6 Å². The van der Waals surface area contributed by atoms with Crippen molar-refractivity contribution < 1.29 is 19.1 Å². The fourth-order valence-corrected chi connectivity index (χ4v) is 5.17. The number of amides is 2. The monoisotopic (exact) mass is 522 g/mol. The Morgan fingerprint density at radius 2 is 2.03 bits per heavy atom. The van der Waals surface area contributed by atoms with Crippen LogP contribution in [0, 0.1) is 5.92 Å². The number of aromatic nitrogens is 2. The Bertz CT molecular complexity index is 1150. The van der Waals surface area contributed by atoms with E-state index in [1.165, 1.54) is 0 Å². The first kappa shape index (κ1) is 26.2. The lowest BCUT2D eigenvalue weighted by molar-refractivity contribution is 0.0185. The standard InChI is InChI=1S/C28H38N6O4/c1-28(2,3)38-27(36)33-13-8-19(9-14-33)18-34(25(35)21-4-5-23-20(16-21)10-15-37-23)24-7-12-30-26(32-24)31-22-6-11-29-17-22/h4-5,7,12,16,19,22,29H,6,8-11,13-15,17-18H2,1-3H3,(H,30,31,32)/t22-/m0/s1. The minimum Gasteiger partial charge on any atom is -0.493 e. The lowest BCUT2D eigenvalue weighted by Gasteiger charge is -2.35. The second-order valence-corrected chi connectivity index (χ2v) is 11.3. The predicted octanol–water partition coefficient (Wildman–Crippen LogP) is 3.48. The van der Waals surface area contributed by atoms with Crippen molar-refractivity contribution in [3.63, 3.8) is 0 Å². The maximum Gasteiger partial charge on any atom is 0.410 e. The largest absolute Gasteiger partial charge is 0.493 e. The van der Waals surface area contributed by atoms with Crippen molar-refractivity contribution in [3.8, 4) is 5.75 Å². The summed E-state index contributed by atoms with van der Waals surface area (Å²) in [6.07, 6.45) is 4.79. The minimum atomic E-state index is -0.522. The number of benzene rings is 1. The molecule has 2 amide bonds. The van der Waals surface area contributed by atoms with Crippen molar-refractivity contribution in [1.82, 2.24) is 20.2 Å². The van der Waals surface area contributed by atoms with Gasteiger partial charge in [0.2, 0.25) is 5.95 Å². The number of piperidine rings is 1. The first-order chi connectivity index (χ1) is 18.2. The van der Waals surface area contributed by atoms with Crippen LogP contribution in [0.4, 0.5) is 16.6 Å². The van der Waals surface area contributed by atoms with Crippen LogP contribution in [-0.4, -0.2) is 77.8 Å². The van der Waals surface area contributed by atoms with E-state index in [1.54, 1.807) is 22.1 Å². The van der Waals surface area contributed by atoms with E-state index in [-0.39, 0.29) is 24.0 Å². The Kier molecular flexibility index (Phi) is 7.69. The van der Waals surface area contributed by atoms with Gasteiger partial charge in [-0.15, -0.1) is 0 Å². The molecule has 3 aliphatic heterocycles. The highest BCUT2D eigenvalue weighted by Crippen LogP contribution is 2.29. The number of carbonyl (C=O) groups excluding carboxylic acids is 2. The smallest absolute Gasteiger partial charge is 0.410 e. The molecular formula is C28H38N6O4. The molecule has 2 saturated heterocycles. The highest BCUT2D eigenvalue weighted by atomic mass is 16.6. The van der Waals surface area contributed by atoms with E-state index in [1.807, 2.05) is 39.0 Å². The molecule has 5 rings (SSSR count). The SMILES string of the molecule is CC(C)(C)OC(=O)N1CCC(CN(C(=O)c2ccc3c(c2)CCO3)c2ccnc(N[C@H]3CCNC3)n2)CC1. The molecule has 38 heavy (non-hydrogen) atoms. The van der Waals surface area contributed by atoms with Crippen LogP contribution in [0.15, 0.2) is 30.5 Å². The highest BCUT2D eigenvalue weighted by molar-refractivity contribution is 6.05. The maximum atomic E-state index is 13.9. The Morgan fingerprint density at radius 1 is 1.21 bits per heavy atom. The Labute approximate surface area is 224 Å². The zero-order valence-corrected chi connectivity index (χ0v) is 22.5. The van der Waals surface area contributed by atoms with Crippen molar-refractivity contribution in [3.05, 3.63) is 41.6 Å². The van der Waals surface area contributed by atoms with Crippen LogP contribution >= 0.6 is 0 Å². The van der Waals surface area contributed by atoms with Crippen LogP contribution in [0.2, 0.25) is 0 Å². The zero-order valence-electron chi connectivity index (χ0n) is 22.5. The number of fused-ring (bicyclic) bond motifs is 1. The molecule has 0 spiro atoms. The normalized spacial score (nSPS) is 19.6. The van der Waals surface area contributed by atoms with Gasteiger partial charge in [0.15, 0.2) is 0 Å². The molecule has 1 aromatic carbocycles. The molecule has 0 saturated carbocycles. The number of anilines is 2. The van der Waals surface area contributed by atoms with Crippen molar-refractivity contribution >= 4 is 23.8 Å². The topological polar surface area (TPSA) is 109 Å². The molecule has 1 aromatic heterocycles. The van der Waals surface area contributed by atoms with Gasteiger partial charge in [-0.1, -0.05) is 0 Å². The van der Waals surface area contributed by atoms with Crippen molar-refractivity contribution in [2.45, 2.75) is 58.1 Å².